The van der Waals surface area contributed by atoms with E-state index in [1.54, 1.807) is 18.2 Å². The Hall–Kier alpha value is -3.83. The molecule has 7 heterocycles. The number of nitrogens with one attached hydrogen (secondary N) is 1. The van der Waals surface area contributed by atoms with Crippen LogP contribution in [0.5, 0.6) is 17.6 Å². The highest BCUT2D eigenvalue weighted by molar-refractivity contribution is 6.01. The van der Waals surface area contributed by atoms with E-state index < -0.39 is 12.0 Å². The van der Waals surface area contributed by atoms with Gasteiger partial charge in [0.15, 0.2) is 0 Å². The number of hydrogen-bond acceptors (Lipinski definition) is 9. The van der Waals surface area contributed by atoms with E-state index in [4.69, 9.17) is 24.4 Å². The van der Waals surface area contributed by atoms with Crippen LogP contribution in [0.25, 0.3) is 32.9 Å². The second-order valence-electron chi connectivity index (χ2n) is 12.8. The van der Waals surface area contributed by atoms with Gasteiger partial charge in [0.1, 0.15) is 42.2 Å². The maximum Gasteiger partial charge on any atom is 0.319 e. The lowest BCUT2D eigenvalue weighted by Gasteiger charge is -2.40. The minimum atomic E-state index is -0.853. The van der Waals surface area contributed by atoms with Crippen molar-refractivity contribution in [3.8, 4) is 28.9 Å². The third-order valence-electron chi connectivity index (χ3n) is 10.2. The Morgan fingerprint density at radius 1 is 1.12 bits per heavy atom. The summed E-state index contributed by atoms with van der Waals surface area (Å²) in [5.41, 5.74) is 1.11. The molecule has 9 nitrogen and oxygen atoms in total. The Bertz CT molecular complexity index is 1790. The Kier molecular flexibility index (Phi) is 5.57. The molecule has 0 radical (unpaired) electrons. The van der Waals surface area contributed by atoms with E-state index >= 15 is 4.39 Å². The van der Waals surface area contributed by atoms with Crippen molar-refractivity contribution >= 4 is 27.5 Å². The molecule has 0 spiro atoms. The van der Waals surface area contributed by atoms with Gasteiger partial charge < -0.3 is 24.8 Å². The van der Waals surface area contributed by atoms with Crippen LogP contribution >= 0.6 is 0 Å². The first-order chi connectivity index (χ1) is 20.9. The van der Waals surface area contributed by atoms with E-state index in [0.717, 1.165) is 44.6 Å². The Balaban J connectivity index is 1.20. The fourth-order valence-electron chi connectivity index (χ4n) is 8.31. The van der Waals surface area contributed by atoms with Gasteiger partial charge in [-0.05, 0) is 61.9 Å². The van der Waals surface area contributed by atoms with Crippen LogP contribution in [-0.2, 0) is 0 Å². The van der Waals surface area contributed by atoms with Crippen molar-refractivity contribution in [3.63, 3.8) is 0 Å². The number of ether oxygens (including phenoxy) is 2. The van der Waals surface area contributed by atoms with Gasteiger partial charge in [-0.25, -0.2) is 13.8 Å². The highest BCUT2D eigenvalue weighted by Crippen LogP contribution is 2.44. The maximum absolute atomic E-state index is 15.2. The fourth-order valence-corrected chi connectivity index (χ4v) is 8.31. The van der Waals surface area contributed by atoms with Crippen LogP contribution in [-0.4, -0.2) is 87.6 Å². The molecule has 5 aliphatic heterocycles. The summed E-state index contributed by atoms with van der Waals surface area (Å²) in [4.78, 5) is 19.2. The van der Waals surface area contributed by atoms with Crippen molar-refractivity contribution < 1.29 is 23.4 Å². The van der Waals surface area contributed by atoms with E-state index in [0.29, 0.717) is 71.0 Å². The average Bonchev–Trinajstić information content (AvgIpc) is 3.62. The van der Waals surface area contributed by atoms with Crippen LogP contribution in [0.4, 0.5) is 14.6 Å². The normalized spacial score (nSPS) is 29.5. The third kappa shape index (κ3) is 3.97. The van der Waals surface area contributed by atoms with Crippen molar-refractivity contribution in [1.29, 1.82) is 0 Å². The lowest BCUT2D eigenvalue weighted by molar-refractivity contribution is 0.107. The van der Waals surface area contributed by atoms with Gasteiger partial charge in [0.05, 0.1) is 22.8 Å². The number of benzene rings is 2. The summed E-state index contributed by atoms with van der Waals surface area (Å²) in [6, 6.07) is 10.5. The molecule has 0 amide bonds. The summed E-state index contributed by atoms with van der Waals surface area (Å²) in [5, 5.41) is 15.9. The molecule has 2 aromatic heterocycles. The second kappa shape index (κ2) is 9.33. The number of piperazine rings is 1. The SMILES string of the molecule is Oc1cc(-c2cc3nc(OC[C@@]45CCCN4C[C@H](F)C5)nc4c3c(n2)OC[C@@H]2[C@@H]3CC[C@H](CN42)N3)c2c(F)cccc2c1. The minimum Gasteiger partial charge on any atom is -0.508 e. The number of anilines is 1. The molecule has 5 atom stereocenters. The van der Waals surface area contributed by atoms with Gasteiger partial charge in [0.2, 0.25) is 5.88 Å². The zero-order valence-electron chi connectivity index (χ0n) is 23.6. The molecule has 11 heteroatoms. The zero-order valence-corrected chi connectivity index (χ0v) is 23.6. The van der Waals surface area contributed by atoms with Crippen molar-refractivity contribution in [2.45, 2.75) is 61.9 Å². The fraction of sp³-hybridized carbons (Fsp3) is 0.469. The second-order valence-corrected chi connectivity index (χ2v) is 12.8. The molecule has 2 aromatic carbocycles. The van der Waals surface area contributed by atoms with Crippen molar-refractivity contribution in [1.82, 2.24) is 25.2 Å². The summed E-state index contributed by atoms with van der Waals surface area (Å²) in [7, 11) is 0. The van der Waals surface area contributed by atoms with Crippen LogP contribution in [0.3, 0.4) is 0 Å². The van der Waals surface area contributed by atoms with Crippen molar-refractivity contribution in [2.75, 3.05) is 37.7 Å². The predicted octanol–water partition coefficient (Wildman–Crippen LogP) is 4.35. The summed E-state index contributed by atoms with van der Waals surface area (Å²) in [6.45, 7) is 2.83. The molecule has 222 valence electrons. The molecule has 4 saturated heterocycles. The molecule has 43 heavy (non-hydrogen) atoms. The number of fused-ring (bicyclic) bond motifs is 7. The lowest BCUT2D eigenvalue weighted by Crippen LogP contribution is -2.60. The summed E-state index contributed by atoms with van der Waals surface area (Å²) in [5.74, 6) is 0.702. The lowest BCUT2D eigenvalue weighted by atomic mass is 9.95. The smallest absolute Gasteiger partial charge is 0.319 e. The number of pyridine rings is 1. The van der Waals surface area contributed by atoms with E-state index in [1.165, 1.54) is 18.2 Å². The van der Waals surface area contributed by atoms with Gasteiger partial charge in [-0.2, -0.15) is 9.97 Å². The van der Waals surface area contributed by atoms with Gasteiger partial charge in [0.25, 0.3) is 0 Å². The molecule has 9 rings (SSSR count). The first-order valence-corrected chi connectivity index (χ1v) is 15.3. The first-order valence-electron chi connectivity index (χ1n) is 15.3. The zero-order chi connectivity index (χ0) is 28.9. The molecule has 0 aliphatic carbocycles. The number of phenolic OH excluding ortho intramolecular Hbond substituents is 1. The maximum atomic E-state index is 15.2. The molecular weight excluding hydrogens is 554 g/mol. The molecule has 4 fully saturated rings. The van der Waals surface area contributed by atoms with Gasteiger partial charge in [-0.15, -0.1) is 0 Å². The third-order valence-corrected chi connectivity index (χ3v) is 10.2. The monoisotopic (exact) mass is 586 g/mol. The molecule has 0 saturated carbocycles. The minimum absolute atomic E-state index is 0.0107. The summed E-state index contributed by atoms with van der Waals surface area (Å²) < 4.78 is 42.4. The topological polar surface area (TPSA) is 95.9 Å². The van der Waals surface area contributed by atoms with Crippen LogP contribution in [0, 0.1) is 5.82 Å². The van der Waals surface area contributed by atoms with Gasteiger partial charge >= 0.3 is 6.01 Å². The predicted molar refractivity (Wildman–Crippen MR) is 157 cm³/mol. The highest BCUT2D eigenvalue weighted by atomic mass is 19.1. The highest BCUT2D eigenvalue weighted by Gasteiger charge is 2.49. The molecule has 2 bridgehead atoms. The van der Waals surface area contributed by atoms with Gasteiger partial charge in [0, 0.05) is 42.5 Å². The average molecular weight is 587 g/mol. The number of phenols is 1. The summed E-state index contributed by atoms with van der Waals surface area (Å²) in [6.07, 6.45) is 3.67. The Morgan fingerprint density at radius 2 is 2.05 bits per heavy atom. The number of halogens is 2. The number of rotatable bonds is 4. The van der Waals surface area contributed by atoms with Crippen LogP contribution in [0.1, 0.15) is 32.1 Å². The molecule has 2 N–H and O–H groups in total. The summed E-state index contributed by atoms with van der Waals surface area (Å²) >= 11 is 0. The standard InChI is InChI=1S/C32H32F2N6O3/c33-18-12-32(7-2-8-39(32)13-18)16-43-31-37-25-11-24(21-10-20(41)9-17-3-1-4-22(34)27(17)21)36-30-28(25)29(38-31)40-14-19-5-6-23(35-19)26(40)15-42-30/h1,3-4,9-11,18-19,23,26,35,41H,2,5-8,12-16H2/t18-,19-,23+,26-,32+/m1/s1. The van der Waals surface area contributed by atoms with E-state index in [1.807, 2.05) is 0 Å². The van der Waals surface area contributed by atoms with Crippen LogP contribution < -0.4 is 19.7 Å². The van der Waals surface area contributed by atoms with E-state index in [2.05, 4.69) is 15.1 Å². The largest absolute Gasteiger partial charge is 0.508 e. The molecule has 0 unspecified atom stereocenters. The number of hydrogen-bond donors (Lipinski definition) is 2. The van der Waals surface area contributed by atoms with E-state index in [-0.39, 0.29) is 29.4 Å². The van der Waals surface area contributed by atoms with Crippen LogP contribution in [0.15, 0.2) is 36.4 Å². The van der Waals surface area contributed by atoms with Crippen molar-refractivity contribution in [3.05, 3.63) is 42.2 Å². The number of aromatic hydroxyl groups is 1. The quantitative estimate of drug-likeness (QED) is 0.362. The molecular formula is C32H32F2N6O3. The number of alkyl halides is 1. The van der Waals surface area contributed by atoms with E-state index in [9.17, 15) is 9.50 Å². The van der Waals surface area contributed by atoms with Crippen molar-refractivity contribution in [2.24, 2.45) is 0 Å². The Morgan fingerprint density at radius 3 is 2.98 bits per heavy atom. The number of nitrogens with zero attached hydrogens (tertiary/aromatic N) is 5. The van der Waals surface area contributed by atoms with Gasteiger partial charge in [-0.3, -0.25) is 4.90 Å². The Labute approximate surface area is 246 Å². The molecule has 5 aliphatic rings. The number of aromatic nitrogens is 3. The molecule has 4 aromatic rings. The first kappa shape index (κ1) is 25.6. The van der Waals surface area contributed by atoms with Crippen LogP contribution in [0.2, 0.25) is 0 Å². The van der Waals surface area contributed by atoms with Gasteiger partial charge in [-0.1, -0.05) is 12.1 Å².